The van der Waals surface area contributed by atoms with Crippen molar-refractivity contribution in [3.63, 3.8) is 0 Å². The Kier molecular flexibility index (Phi) is 7.36. The van der Waals surface area contributed by atoms with Crippen molar-refractivity contribution in [1.29, 1.82) is 0 Å². The van der Waals surface area contributed by atoms with Crippen LogP contribution in [0.25, 0.3) is 33.7 Å². The highest BCUT2D eigenvalue weighted by Crippen LogP contribution is 2.32. The monoisotopic (exact) mass is 499 g/mol. The van der Waals surface area contributed by atoms with Crippen molar-refractivity contribution in [2.24, 2.45) is 0 Å². The highest BCUT2D eigenvalue weighted by molar-refractivity contribution is 7.90. The van der Waals surface area contributed by atoms with E-state index in [0.29, 0.717) is 17.1 Å². The molecule has 0 atom stereocenters. The molecule has 0 fully saturated rings. The molecule has 0 N–H and O–H groups in total. The van der Waals surface area contributed by atoms with E-state index in [0.717, 1.165) is 33.8 Å². The number of benzene rings is 3. The second-order valence-electron chi connectivity index (χ2n) is 9.00. The van der Waals surface area contributed by atoms with E-state index >= 15 is 0 Å². The van der Waals surface area contributed by atoms with Crippen LogP contribution in [0.1, 0.15) is 43.4 Å². The first kappa shape index (κ1) is 25.3. The van der Waals surface area contributed by atoms with Gasteiger partial charge in [0.2, 0.25) is 0 Å². The number of fused-ring (bicyclic) bond motifs is 1. The van der Waals surface area contributed by atoms with Crippen LogP contribution in [-0.4, -0.2) is 32.2 Å². The van der Waals surface area contributed by atoms with Crippen LogP contribution in [0.15, 0.2) is 83.9 Å². The normalized spacial score (nSPS) is 12.2. The van der Waals surface area contributed by atoms with Gasteiger partial charge in [0.05, 0.1) is 22.6 Å². The summed E-state index contributed by atoms with van der Waals surface area (Å²) in [7, 11) is -3.34. The molecule has 0 amide bonds. The summed E-state index contributed by atoms with van der Waals surface area (Å²) in [5.41, 5.74) is 5.93. The molecule has 0 aliphatic heterocycles. The lowest BCUT2D eigenvalue weighted by molar-refractivity contribution is -0.136. The first-order valence-electron chi connectivity index (χ1n) is 11.9. The SMILES string of the molecule is CCOC(=O)/C(=C\c1cccc(-c2cc(C(C)C)cc3cccnc23)c1)c1ccc(S(C)(=O)=O)cc1. The molecule has 4 aromatic rings. The topological polar surface area (TPSA) is 73.3 Å². The number of sulfone groups is 1. The third-order valence-electron chi connectivity index (χ3n) is 5.99. The molecular weight excluding hydrogens is 470 g/mol. The number of rotatable bonds is 7. The zero-order valence-electron chi connectivity index (χ0n) is 20.9. The number of aromatic nitrogens is 1. The van der Waals surface area contributed by atoms with Crippen LogP contribution < -0.4 is 0 Å². The molecule has 0 aliphatic carbocycles. The zero-order valence-corrected chi connectivity index (χ0v) is 21.7. The molecular formula is C30H29NO4S. The summed E-state index contributed by atoms with van der Waals surface area (Å²) in [6.45, 7) is 6.32. The van der Waals surface area contributed by atoms with Crippen molar-refractivity contribution in [1.82, 2.24) is 4.98 Å². The highest BCUT2D eigenvalue weighted by Gasteiger charge is 2.16. The number of pyridine rings is 1. The van der Waals surface area contributed by atoms with E-state index in [-0.39, 0.29) is 11.5 Å². The van der Waals surface area contributed by atoms with Crippen LogP contribution in [-0.2, 0) is 19.4 Å². The minimum Gasteiger partial charge on any atom is -0.462 e. The zero-order chi connectivity index (χ0) is 25.9. The Morgan fingerprint density at radius 3 is 2.42 bits per heavy atom. The number of carbonyl (C=O) groups is 1. The van der Waals surface area contributed by atoms with E-state index in [1.54, 1.807) is 31.3 Å². The van der Waals surface area contributed by atoms with Gasteiger partial charge in [-0.1, -0.05) is 50.2 Å². The van der Waals surface area contributed by atoms with Gasteiger partial charge in [0.15, 0.2) is 9.84 Å². The lowest BCUT2D eigenvalue weighted by atomic mass is 9.93. The number of nitrogens with zero attached hydrogens (tertiary/aromatic N) is 1. The molecule has 184 valence electrons. The fourth-order valence-corrected chi connectivity index (χ4v) is 4.71. The molecule has 1 aromatic heterocycles. The van der Waals surface area contributed by atoms with Gasteiger partial charge in [0.25, 0.3) is 0 Å². The molecule has 0 saturated heterocycles. The maximum atomic E-state index is 12.9. The summed E-state index contributed by atoms with van der Waals surface area (Å²) in [6.07, 6.45) is 4.73. The maximum absolute atomic E-state index is 12.9. The Bertz CT molecular complexity index is 1550. The molecule has 0 radical (unpaired) electrons. The Labute approximate surface area is 212 Å². The van der Waals surface area contributed by atoms with E-state index < -0.39 is 15.8 Å². The van der Waals surface area contributed by atoms with Crippen molar-refractivity contribution in [2.75, 3.05) is 12.9 Å². The second kappa shape index (κ2) is 10.5. The first-order chi connectivity index (χ1) is 17.2. The fourth-order valence-electron chi connectivity index (χ4n) is 4.08. The average Bonchev–Trinajstić information content (AvgIpc) is 2.86. The Morgan fingerprint density at radius 1 is 1.00 bits per heavy atom. The molecule has 5 nitrogen and oxygen atoms in total. The van der Waals surface area contributed by atoms with Gasteiger partial charge < -0.3 is 4.74 Å². The van der Waals surface area contributed by atoms with Gasteiger partial charge in [-0.15, -0.1) is 0 Å². The highest BCUT2D eigenvalue weighted by atomic mass is 32.2. The lowest BCUT2D eigenvalue weighted by Crippen LogP contribution is -2.07. The predicted octanol–water partition coefficient (Wildman–Crippen LogP) is 6.53. The summed E-state index contributed by atoms with van der Waals surface area (Å²) in [5.74, 6) is -0.106. The Hall–Kier alpha value is -3.77. The third-order valence-corrected chi connectivity index (χ3v) is 7.12. The van der Waals surface area contributed by atoms with Gasteiger partial charge in [0, 0.05) is 23.4 Å². The van der Waals surface area contributed by atoms with Crippen molar-refractivity contribution >= 4 is 38.4 Å². The van der Waals surface area contributed by atoms with Crippen LogP contribution in [0.5, 0.6) is 0 Å². The third kappa shape index (κ3) is 5.55. The molecule has 36 heavy (non-hydrogen) atoms. The Morgan fingerprint density at radius 2 is 1.75 bits per heavy atom. The van der Waals surface area contributed by atoms with Crippen molar-refractivity contribution in [2.45, 2.75) is 31.6 Å². The van der Waals surface area contributed by atoms with Crippen molar-refractivity contribution in [3.8, 4) is 11.1 Å². The standard InChI is InChI=1S/C30H29NO4S/c1-5-35-30(32)28(22-11-13-26(14-12-22)36(4,33)34)17-21-8-6-9-23(16-21)27-19-25(20(2)3)18-24-10-7-15-31-29(24)27/h6-20H,5H2,1-4H3/b28-17-. The molecule has 0 aliphatic rings. The maximum Gasteiger partial charge on any atom is 0.338 e. The molecule has 0 spiro atoms. The number of hydrogen-bond donors (Lipinski definition) is 0. The summed E-state index contributed by atoms with van der Waals surface area (Å²) >= 11 is 0. The number of carbonyl (C=O) groups excluding carboxylic acids is 1. The minimum atomic E-state index is -3.34. The predicted molar refractivity (Wildman–Crippen MR) is 145 cm³/mol. The summed E-state index contributed by atoms with van der Waals surface area (Å²) in [6, 6.07) is 22.6. The molecule has 6 heteroatoms. The fraction of sp³-hybridized carbons (Fsp3) is 0.200. The Balaban J connectivity index is 1.83. The molecule has 4 rings (SSSR count). The van der Waals surface area contributed by atoms with Gasteiger partial charge in [-0.25, -0.2) is 13.2 Å². The van der Waals surface area contributed by atoms with Gasteiger partial charge in [-0.2, -0.15) is 0 Å². The molecule has 0 saturated carbocycles. The van der Waals surface area contributed by atoms with Crippen LogP contribution in [0, 0.1) is 0 Å². The molecule has 1 heterocycles. The van der Waals surface area contributed by atoms with Gasteiger partial charge >= 0.3 is 5.97 Å². The summed E-state index contributed by atoms with van der Waals surface area (Å²) < 4.78 is 29.0. The van der Waals surface area contributed by atoms with E-state index in [1.165, 1.54) is 17.7 Å². The molecule has 0 bridgehead atoms. The number of ether oxygens (including phenoxy) is 1. The van der Waals surface area contributed by atoms with E-state index in [1.807, 2.05) is 30.3 Å². The van der Waals surface area contributed by atoms with Crippen LogP contribution in [0.4, 0.5) is 0 Å². The van der Waals surface area contributed by atoms with Crippen molar-refractivity contribution in [3.05, 3.63) is 95.7 Å². The summed E-state index contributed by atoms with van der Waals surface area (Å²) in [5, 5.41) is 1.08. The number of hydrogen-bond acceptors (Lipinski definition) is 5. The van der Waals surface area contributed by atoms with E-state index in [2.05, 4.69) is 37.0 Å². The van der Waals surface area contributed by atoms with Crippen molar-refractivity contribution < 1.29 is 17.9 Å². The lowest BCUT2D eigenvalue weighted by Gasteiger charge is -2.13. The average molecular weight is 500 g/mol. The molecule has 3 aromatic carbocycles. The van der Waals surface area contributed by atoms with Gasteiger partial charge in [0.1, 0.15) is 0 Å². The largest absolute Gasteiger partial charge is 0.462 e. The van der Waals surface area contributed by atoms with Crippen LogP contribution in [0.2, 0.25) is 0 Å². The van der Waals surface area contributed by atoms with Gasteiger partial charge in [-0.05, 0) is 77.6 Å². The van der Waals surface area contributed by atoms with Gasteiger partial charge in [-0.3, -0.25) is 4.98 Å². The van der Waals surface area contributed by atoms with E-state index in [4.69, 9.17) is 4.74 Å². The summed E-state index contributed by atoms with van der Waals surface area (Å²) in [4.78, 5) is 17.7. The first-order valence-corrected chi connectivity index (χ1v) is 13.7. The molecule has 0 unspecified atom stereocenters. The minimum absolute atomic E-state index is 0.195. The van der Waals surface area contributed by atoms with Crippen LogP contribution in [0.3, 0.4) is 0 Å². The smallest absolute Gasteiger partial charge is 0.338 e. The second-order valence-corrected chi connectivity index (χ2v) is 11.0. The van der Waals surface area contributed by atoms with E-state index in [9.17, 15) is 13.2 Å². The number of esters is 1. The van der Waals surface area contributed by atoms with Crippen LogP contribution >= 0.6 is 0 Å². The quantitative estimate of drug-likeness (QED) is 0.164.